The fourth-order valence-electron chi connectivity index (χ4n) is 2.59. The third kappa shape index (κ3) is 6.23. The molecule has 0 aliphatic heterocycles. The van der Waals surface area contributed by atoms with Gasteiger partial charge in [0.2, 0.25) is 5.91 Å². The van der Waals surface area contributed by atoms with Crippen molar-refractivity contribution >= 4 is 11.9 Å². The standard InChI is InChI=1S/C19H30N4O4/c1-5-20-19(22-9-8-21-18(24)13-6-7-13)23-12-15-16(26-3)10-14(25-2)11-17(15)27-4/h10-11,13H,5-9,12H2,1-4H3,(H,21,24)(H2,20,22,23). The Morgan fingerprint density at radius 1 is 1.04 bits per heavy atom. The van der Waals surface area contributed by atoms with Crippen LogP contribution in [0.15, 0.2) is 17.1 Å². The molecule has 0 saturated heterocycles. The van der Waals surface area contributed by atoms with E-state index in [1.807, 2.05) is 6.92 Å². The number of hydrogen-bond donors (Lipinski definition) is 3. The number of nitrogens with zero attached hydrogens (tertiary/aromatic N) is 1. The lowest BCUT2D eigenvalue weighted by Crippen LogP contribution is -2.41. The van der Waals surface area contributed by atoms with Gasteiger partial charge < -0.3 is 30.2 Å². The number of rotatable bonds is 10. The zero-order valence-corrected chi connectivity index (χ0v) is 16.6. The highest BCUT2D eigenvalue weighted by Gasteiger charge is 2.28. The number of benzene rings is 1. The van der Waals surface area contributed by atoms with Crippen LogP contribution in [0.5, 0.6) is 17.2 Å². The van der Waals surface area contributed by atoms with E-state index >= 15 is 0 Å². The van der Waals surface area contributed by atoms with Crippen molar-refractivity contribution in [2.24, 2.45) is 10.9 Å². The maximum absolute atomic E-state index is 11.7. The second-order valence-corrected chi connectivity index (χ2v) is 6.20. The summed E-state index contributed by atoms with van der Waals surface area (Å²) in [5.74, 6) is 3.00. The minimum atomic E-state index is 0.145. The maximum Gasteiger partial charge on any atom is 0.223 e. The van der Waals surface area contributed by atoms with E-state index in [1.54, 1.807) is 33.5 Å². The lowest BCUT2D eigenvalue weighted by Gasteiger charge is -2.15. The second kappa shape index (κ2) is 10.5. The first-order chi connectivity index (χ1) is 13.1. The van der Waals surface area contributed by atoms with Crippen LogP contribution in [0.2, 0.25) is 0 Å². The molecule has 0 unspecified atom stereocenters. The minimum Gasteiger partial charge on any atom is -0.496 e. The molecule has 0 heterocycles. The van der Waals surface area contributed by atoms with E-state index in [-0.39, 0.29) is 11.8 Å². The molecular weight excluding hydrogens is 348 g/mol. The van der Waals surface area contributed by atoms with E-state index in [0.29, 0.717) is 42.8 Å². The highest BCUT2D eigenvalue weighted by molar-refractivity contribution is 5.81. The Bertz CT molecular complexity index is 634. The summed E-state index contributed by atoms with van der Waals surface area (Å²) in [6.45, 7) is 4.27. The molecule has 0 radical (unpaired) electrons. The third-order valence-corrected chi connectivity index (χ3v) is 4.22. The highest BCUT2D eigenvalue weighted by Crippen LogP contribution is 2.34. The van der Waals surface area contributed by atoms with Gasteiger partial charge >= 0.3 is 0 Å². The molecule has 3 N–H and O–H groups in total. The van der Waals surface area contributed by atoms with Crippen LogP contribution in [0.4, 0.5) is 0 Å². The Morgan fingerprint density at radius 3 is 2.19 bits per heavy atom. The molecular formula is C19H30N4O4. The number of guanidine groups is 1. The molecule has 2 rings (SSSR count). The molecule has 0 bridgehead atoms. The van der Waals surface area contributed by atoms with Crippen LogP contribution in [0.25, 0.3) is 0 Å². The van der Waals surface area contributed by atoms with Gasteiger partial charge in [-0.1, -0.05) is 0 Å². The molecule has 1 aliphatic rings. The number of amides is 1. The molecule has 1 aromatic rings. The predicted octanol–water partition coefficient (Wildman–Crippen LogP) is 1.29. The van der Waals surface area contributed by atoms with Gasteiger partial charge in [-0.15, -0.1) is 0 Å². The molecule has 1 aliphatic carbocycles. The highest BCUT2D eigenvalue weighted by atomic mass is 16.5. The van der Waals surface area contributed by atoms with Gasteiger partial charge in [0.25, 0.3) is 0 Å². The zero-order valence-electron chi connectivity index (χ0n) is 16.6. The van der Waals surface area contributed by atoms with Crippen molar-refractivity contribution in [3.8, 4) is 17.2 Å². The molecule has 8 nitrogen and oxygen atoms in total. The lowest BCUT2D eigenvalue weighted by molar-refractivity contribution is -0.122. The molecule has 8 heteroatoms. The van der Waals surface area contributed by atoms with Crippen molar-refractivity contribution in [1.82, 2.24) is 16.0 Å². The summed E-state index contributed by atoms with van der Waals surface area (Å²) in [7, 11) is 4.81. The Labute approximate surface area is 160 Å². The Balaban J connectivity index is 1.99. The monoisotopic (exact) mass is 378 g/mol. The van der Waals surface area contributed by atoms with Crippen molar-refractivity contribution in [3.05, 3.63) is 17.7 Å². The van der Waals surface area contributed by atoms with Crippen LogP contribution in [0.3, 0.4) is 0 Å². The van der Waals surface area contributed by atoms with Crippen molar-refractivity contribution in [2.45, 2.75) is 26.3 Å². The number of ether oxygens (including phenoxy) is 3. The average Bonchev–Trinajstić information content (AvgIpc) is 3.53. The number of methoxy groups -OCH3 is 3. The summed E-state index contributed by atoms with van der Waals surface area (Å²) < 4.78 is 16.2. The summed E-state index contributed by atoms with van der Waals surface area (Å²) in [5, 5.41) is 9.34. The fourth-order valence-corrected chi connectivity index (χ4v) is 2.59. The number of nitrogens with one attached hydrogen (secondary N) is 3. The van der Waals surface area contributed by atoms with Gasteiger partial charge in [0.15, 0.2) is 5.96 Å². The van der Waals surface area contributed by atoms with E-state index in [0.717, 1.165) is 24.9 Å². The maximum atomic E-state index is 11.7. The van der Waals surface area contributed by atoms with Gasteiger partial charge in [0.1, 0.15) is 17.2 Å². The Morgan fingerprint density at radius 2 is 1.67 bits per heavy atom. The van der Waals surface area contributed by atoms with E-state index in [9.17, 15) is 4.79 Å². The SMILES string of the molecule is CCNC(=NCc1c(OC)cc(OC)cc1OC)NCCNC(=O)C1CC1. The second-order valence-electron chi connectivity index (χ2n) is 6.20. The number of carbonyl (C=O) groups excluding carboxylic acids is 1. The predicted molar refractivity (Wildman–Crippen MR) is 105 cm³/mol. The van der Waals surface area contributed by atoms with Gasteiger partial charge in [-0.05, 0) is 19.8 Å². The molecule has 27 heavy (non-hydrogen) atoms. The van der Waals surface area contributed by atoms with Crippen molar-refractivity contribution in [2.75, 3.05) is 41.0 Å². The smallest absolute Gasteiger partial charge is 0.223 e. The zero-order chi connectivity index (χ0) is 19.6. The number of carbonyl (C=O) groups is 1. The summed E-state index contributed by atoms with van der Waals surface area (Å²) in [6.07, 6.45) is 2.02. The number of hydrogen-bond acceptors (Lipinski definition) is 5. The first kappa shape index (κ1) is 20.7. The van der Waals surface area contributed by atoms with E-state index in [1.165, 1.54) is 0 Å². The van der Waals surface area contributed by atoms with Crippen LogP contribution in [-0.4, -0.2) is 52.8 Å². The van der Waals surface area contributed by atoms with Gasteiger partial charge in [-0.3, -0.25) is 4.79 Å². The summed E-state index contributed by atoms with van der Waals surface area (Å²) >= 11 is 0. The van der Waals surface area contributed by atoms with Crippen molar-refractivity contribution in [3.63, 3.8) is 0 Å². The van der Waals surface area contributed by atoms with Gasteiger partial charge in [-0.2, -0.15) is 0 Å². The first-order valence-corrected chi connectivity index (χ1v) is 9.21. The molecule has 1 amide bonds. The van der Waals surface area contributed by atoms with E-state index in [2.05, 4.69) is 20.9 Å². The Kier molecular flexibility index (Phi) is 8.03. The lowest BCUT2D eigenvalue weighted by atomic mass is 10.1. The minimum absolute atomic E-state index is 0.145. The van der Waals surface area contributed by atoms with Crippen LogP contribution < -0.4 is 30.2 Å². The number of aliphatic imine (C=N–C) groups is 1. The fraction of sp³-hybridized carbons (Fsp3) is 0.579. The van der Waals surface area contributed by atoms with Crippen molar-refractivity contribution in [1.29, 1.82) is 0 Å². The molecule has 0 spiro atoms. The molecule has 1 fully saturated rings. The van der Waals surface area contributed by atoms with Crippen LogP contribution in [0, 0.1) is 5.92 Å². The van der Waals surface area contributed by atoms with Crippen LogP contribution in [-0.2, 0) is 11.3 Å². The normalized spacial score (nSPS) is 13.7. The summed E-state index contributed by atoms with van der Waals surface area (Å²) in [5.41, 5.74) is 0.833. The molecule has 1 aromatic carbocycles. The topological polar surface area (TPSA) is 93.2 Å². The van der Waals surface area contributed by atoms with Crippen LogP contribution in [0.1, 0.15) is 25.3 Å². The van der Waals surface area contributed by atoms with E-state index < -0.39 is 0 Å². The first-order valence-electron chi connectivity index (χ1n) is 9.21. The van der Waals surface area contributed by atoms with Gasteiger partial charge in [0.05, 0.1) is 33.4 Å². The molecule has 0 atom stereocenters. The summed E-state index contributed by atoms with van der Waals surface area (Å²) in [6, 6.07) is 3.61. The van der Waals surface area contributed by atoms with Gasteiger partial charge in [0, 0.05) is 37.7 Å². The van der Waals surface area contributed by atoms with Gasteiger partial charge in [-0.25, -0.2) is 4.99 Å². The molecule has 0 aromatic heterocycles. The third-order valence-electron chi connectivity index (χ3n) is 4.22. The molecule has 150 valence electrons. The molecule has 1 saturated carbocycles. The van der Waals surface area contributed by atoms with E-state index in [4.69, 9.17) is 14.2 Å². The Hall–Kier alpha value is -2.64. The largest absolute Gasteiger partial charge is 0.496 e. The quantitative estimate of drug-likeness (QED) is 0.323. The average molecular weight is 378 g/mol. The summed E-state index contributed by atoms with van der Waals surface area (Å²) in [4.78, 5) is 16.3. The van der Waals surface area contributed by atoms with Crippen LogP contribution >= 0.6 is 0 Å². The van der Waals surface area contributed by atoms with Crippen molar-refractivity contribution < 1.29 is 19.0 Å².